The maximum atomic E-state index is 13.4. The normalized spacial score (nSPS) is 17.2. The van der Waals surface area contributed by atoms with Crippen LogP contribution in [0.15, 0.2) is 66.7 Å². The number of nitrogens with one attached hydrogen (secondary N) is 2. The number of methoxy groups -OCH3 is 1. The summed E-state index contributed by atoms with van der Waals surface area (Å²) < 4.78 is 7.02. The number of carbonyl (C=O) groups excluding carboxylic acids is 3. The summed E-state index contributed by atoms with van der Waals surface area (Å²) in [6.45, 7) is 4.87. The minimum Gasteiger partial charge on any atom is -0.497 e. The summed E-state index contributed by atoms with van der Waals surface area (Å²) in [4.78, 5) is 40.1. The highest BCUT2D eigenvalue weighted by molar-refractivity contribution is 6.10. The predicted molar refractivity (Wildman–Crippen MR) is 140 cm³/mol. The predicted octanol–water partition coefficient (Wildman–Crippen LogP) is 4.06. The molecule has 4 aromatic rings. The van der Waals surface area contributed by atoms with Crippen molar-refractivity contribution in [2.45, 2.75) is 26.3 Å². The van der Waals surface area contributed by atoms with Crippen molar-refractivity contribution in [2.75, 3.05) is 19.0 Å². The van der Waals surface area contributed by atoms with Gasteiger partial charge < -0.3 is 15.4 Å². The van der Waals surface area contributed by atoms with Crippen LogP contribution in [0.5, 0.6) is 5.75 Å². The Morgan fingerprint density at radius 2 is 1.73 bits per heavy atom. The number of hydrogen-bond acceptors (Lipinski definition) is 5. The zero-order valence-electron chi connectivity index (χ0n) is 21.0. The van der Waals surface area contributed by atoms with Gasteiger partial charge in [-0.25, -0.2) is 9.48 Å². The fourth-order valence-electron chi connectivity index (χ4n) is 4.66. The van der Waals surface area contributed by atoms with Crippen molar-refractivity contribution in [3.8, 4) is 11.4 Å². The van der Waals surface area contributed by atoms with E-state index in [2.05, 4.69) is 15.7 Å². The molecule has 188 valence electrons. The largest absolute Gasteiger partial charge is 0.497 e. The number of aryl methyl sites for hydroxylation is 1. The number of imide groups is 1. The number of para-hydroxylation sites is 1. The summed E-state index contributed by atoms with van der Waals surface area (Å²) in [7, 11) is 1.60. The van der Waals surface area contributed by atoms with Gasteiger partial charge in [-0.15, -0.1) is 0 Å². The van der Waals surface area contributed by atoms with Crippen molar-refractivity contribution in [3.63, 3.8) is 0 Å². The van der Waals surface area contributed by atoms with Crippen LogP contribution >= 0.6 is 0 Å². The van der Waals surface area contributed by atoms with Crippen LogP contribution in [0, 0.1) is 13.8 Å². The molecule has 1 atom stereocenters. The van der Waals surface area contributed by atoms with Gasteiger partial charge in [0, 0.05) is 0 Å². The smallest absolute Gasteiger partial charge is 0.325 e. The van der Waals surface area contributed by atoms with Gasteiger partial charge in [0.1, 0.15) is 17.8 Å². The number of anilines is 1. The number of rotatable bonds is 6. The standard InChI is InChI=1S/C28H27N5O4/c1-17-25(18(2)33(31-17)22-8-6-5-7-9-22)29-24(34)16-32-26(35)28(3,30-27(32)36)21-12-10-20-15-23(37-4)13-11-19(20)14-21/h5-15H,16H2,1-4H3,(H,29,34)(H,30,36)/t28-/m0/s1. The third kappa shape index (κ3) is 4.18. The first-order valence-corrected chi connectivity index (χ1v) is 11.8. The van der Waals surface area contributed by atoms with Gasteiger partial charge in [0.05, 0.1) is 29.9 Å². The van der Waals surface area contributed by atoms with Gasteiger partial charge in [0.25, 0.3) is 5.91 Å². The number of nitrogens with zero attached hydrogens (tertiary/aromatic N) is 3. The van der Waals surface area contributed by atoms with Crippen LogP contribution in [0.25, 0.3) is 16.5 Å². The lowest BCUT2D eigenvalue weighted by molar-refractivity contribution is -0.133. The first kappa shape index (κ1) is 24.1. The maximum Gasteiger partial charge on any atom is 0.325 e. The molecule has 3 aromatic carbocycles. The first-order valence-electron chi connectivity index (χ1n) is 11.8. The Kier molecular flexibility index (Phi) is 5.91. The number of amides is 4. The van der Waals surface area contributed by atoms with Crippen molar-refractivity contribution in [2.24, 2.45) is 0 Å². The van der Waals surface area contributed by atoms with Crippen molar-refractivity contribution in [1.82, 2.24) is 20.0 Å². The highest BCUT2D eigenvalue weighted by Crippen LogP contribution is 2.32. The molecule has 0 radical (unpaired) electrons. The van der Waals surface area contributed by atoms with Crippen LogP contribution in [0.1, 0.15) is 23.9 Å². The molecule has 4 amide bonds. The van der Waals surface area contributed by atoms with Crippen molar-refractivity contribution < 1.29 is 19.1 Å². The molecule has 9 heteroatoms. The number of carbonyl (C=O) groups is 3. The Balaban J connectivity index is 1.35. The SMILES string of the molecule is COc1ccc2cc([C@]3(C)NC(=O)N(CC(=O)Nc4c(C)nn(-c5ccccc5)c4C)C3=O)ccc2c1. The molecular formula is C28H27N5O4. The fourth-order valence-corrected chi connectivity index (χ4v) is 4.66. The number of urea groups is 1. The monoisotopic (exact) mass is 497 g/mol. The molecule has 37 heavy (non-hydrogen) atoms. The average molecular weight is 498 g/mol. The van der Waals surface area contributed by atoms with Crippen LogP contribution < -0.4 is 15.4 Å². The molecule has 0 saturated carbocycles. The molecule has 5 rings (SSSR count). The van der Waals surface area contributed by atoms with Crippen LogP contribution in [0.3, 0.4) is 0 Å². The van der Waals surface area contributed by atoms with Crippen LogP contribution in [0.4, 0.5) is 10.5 Å². The topological polar surface area (TPSA) is 106 Å². The molecule has 0 unspecified atom stereocenters. The second-order valence-electron chi connectivity index (χ2n) is 9.22. The van der Waals surface area contributed by atoms with E-state index in [0.717, 1.165) is 32.8 Å². The Bertz CT molecular complexity index is 1550. The van der Waals surface area contributed by atoms with Gasteiger partial charge in [-0.1, -0.05) is 36.4 Å². The number of ether oxygens (including phenoxy) is 1. The molecule has 1 aliphatic heterocycles. The highest BCUT2D eigenvalue weighted by Gasteiger charge is 2.49. The lowest BCUT2D eigenvalue weighted by Gasteiger charge is -2.22. The summed E-state index contributed by atoms with van der Waals surface area (Å²) in [6, 6.07) is 20.1. The van der Waals surface area contributed by atoms with E-state index < -0.39 is 29.9 Å². The van der Waals surface area contributed by atoms with E-state index in [1.165, 1.54) is 0 Å². The van der Waals surface area contributed by atoms with Crippen LogP contribution in [-0.2, 0) is 15.1 Å². The molecule has 1 aromatic heterocycles. The van der Waals surface area contributed by atoms with Gasteiger partial charge in [-0.05, 0) is 67.4 Å². The second-order valence-corrected chi connectivity index (χ2v) is 9.22. The van der Waals surface area contributed by atoms with E-state index in [4.69, 9.17) is 4.74 Å². The van der Waals surface area contributed by atoms with E-state index in [-0.39, 0.29) is 0 Å². The van der Waals surface area contributed by atoms with E-state index in [9.17, 15) is 14.4 Å². The second kappa shape index (κ2) is 9.09. The molecule has 1 aliphatic rings. The summed E-state index contributed by atoms with van der Waals surface area (Å²) in [6.07, 6.45) is 0. The fraction of sp³-hybridized carbons (Fsp3) is 0.214. The molecule has 1 saturated heterocycles. The lowest BCUT2D eigenvalue weighted by Crippen LogP contribution is -2.42. The number of aromatic nitrogens is 2. The first-order chi connectivity index (χ1) is 17.7. The Labute approximate surface area is 214 Å². The van der Waals surface area contributed by atoms with Gasteiger partial charge in [-0.2, -0.15) is 5.10 Å². The summed E-state index contributed by atoms with van der Waals surface area (Å²) in [5.41, 5.74) is 2.12. The Morgan fingerprint density at radius 3 is 2.46 bits per heavy atom. The molecule has 9 nitrogen and oxygen atoms in total. The molecule has 2 N–H and O–H groups in total. The van der Waals surface area contributed by atoms with E-state index in [1.807, 2.05) is 67.6 Å². The van der Waals surface area contributed by atoms with E-state index >= 15 is 0 Å². The average Bonchev–Trinajstić information content (AvgIpc) is 3.30. The van der Waals surface area contributed by atoms with Crippen molar-refractivity contribution >= 4 is 34.3 Å². The molecule has 0 bridgehead atoms. The summed E-state index contributed by atoms with van der Waals surface area (Å²) in [5.74, 6) is -0.250. The Hall–Kier alpha value is -4.66. The zero-order valence-corrected chi connectivity index (χ0v) is 21.0. The quantitative estimate of drug-likeness (QED) is 0.391. The molecule has 2 heterocycles. The van der Waals surface area contributed by atoms with Gasteiger partial charge in [0.15, 0.2) is 0 Å². The van der Waals surface area contributed by atoms with E-state index in [1.54, 1.807) is 31.7 Å². The molecule has 0 aliphatic carbocycles. The van der Waals surface area contributed by atoms with Crippen LogP contribution in [0.2, 0.25) is 0 Å². The zero-order chi connectivity index (χ0) is 26.3. The minimum atomic E-state index is -1.30. The molecule has 1 fully saturated rings. The Morgan fingerprint density at radius 1 is 1.03 bits per heavy atom. The summed E-state index contributed by atoms with van der Waals surface area (Å²) >= 11 is 0. The molecule has 0 spiro atoms. The number of hydrogen-bond donors (Lipinski definition) is 2. The lowest BCUT2D eigenvalue weighted by atomic mass is 9.90. The maximum absolute atomic E-state index is 13.4. The third-order valence-corrected chi connectivity index (χ3v) is 6.76. The van der Waals surface area contributed by atoms with Crippen LogP contribution in [-0.4, -0.2) is 46.2 Å². The third-order valence-electron chi connectivity index (χ3n) is 6.76. The molecular weight excluding hydrogens is 470 g/mol. The van der Waals surface area contributed by atoms with Gasteiger partial charge in [0.2, 0.25) is 5.91 Å². The minimum absolute atomic E-state index is 0.416. The van der Waals surface area contributed by atoms with Crippen molar-refractivity contribution in [3.05, 3.63) is 83.7 Å². The number of fused-ring (bicyclic) bond motifs is 1. The van der Waals surface area contributed by atoms with Gasteiger partial charge in [-0.3, -0.25) is 14.5 Å². The summed E-state index contributed by atoms with van der Waals surface area (Å²) in [5, 5.41) is 12.0. The van der Waals surface area contributed by atoms with Crippen molar-refractivity contribution in [1.29, 1.82) is 0 Å². The highest BCUT2D eigenvalue weighted by atomic mass is 16.5. The number of benzene rings is 3. The van der Waals surface area contributed by atoms with E-state index in [0.29, 0.717) is 16.9 Å². The van der Waals surface area contributed by atoms with Gasteiger partial charge >= 0.3 is 6.03 Å².